The SMILES string of the molecule is Cc1cc(C(=O)N(c2ccccc2)c2ccc(N)cc2)ccn1. The van der Waals surface area contributed by atoms with Gasteiger partial charge in [-0.15, -0.1) is 0 Å². The molecule has 23 heavy (non-hydrogen) atoms. The molecular formula is C19H17N3O. The van der Waals surface area contributed by atoms with Crippen molar-refractivity contribution in [2.75, 3.05) is 10.6 Å². The van der Waals surface area contributed by atoms with Crippen molar-refractivity contribution in [3.63, 3.8) is 0 Å². The van der Waals surface area contributed by atoms with Crippen LogP contribution in [0.15, 0.2) is 72.9 Å². The summed E-state index contributed by atoms with van der Waals surface area (Å²) in [5, 5.41) is 0. The highest BCUT2D eigenvalue weighted by Gasteiger charge is 2.19. The Balaban J connectivity index is 2.08. The Morgan fingerprint density at radius 3 is 2.26 bits per heavy atom. The fraction of sp³-hybridized carbons (Fsp3) is 0.0526. The minimum Gasteiger partial charge on any atom is -0.399 e. The molecule has 0 atom stereocenters. The van der Waals surface area contributed by atoms with Crippen molar-refractivity contribution in [2.45, 2.75) is 6.92 Å². The summed E-state index contributed by atoms with van der Waals surface area (Å²) < 4.78 is 0. The molecule has 0 aliphatic heterocycles. The molecule has 0 fully saturated rings. The summed E-state index contributed by atoms with van der Waals surface area (Å²) in [5.74, 6) is -0.105. The molecule has 0 spiro atoms. The van der Waals surface area contributed by atoms with Crippen LogP contribution in [0.3, 0.4) is 0 Å². The van der Waals surface area contributed by atoms with E-state index in [0.717, 1.165) is 17.1 Å². The van der Waals surface area contributed by atoms with E-state index in [-0.39, 0.29) is 5.91 Å². The van der Waals surface area contributed by atoms with E-state index in [1.807, 2.05) is 49.4 Å². The van der Waals surface area contributed by atoms with Crippen LogP contribution < -0.4 is 10.6 Å². The zero-order chi connectivity index (χ0) is 16.2. The van der Waals surface area contributed by atoms with Crippen LogP contribution in [0.2, 0.25) is 0 Å². The van der Waals surface area contributed by atoms with Gasteiger partial charge < -0.3 is 5.73 Å². The van der Waals surface area contributed by atoms with E-state index < -0.39 is 0 Å². The zero-order valence-corrected chi connectivity index (χ0v) is 12.8. The smallest absolute Gasteiger partial charge is 0.262 e. The summed E-state index contributed by atoms with van der Waals surface area (Å²) in [5.41, 5.74) is 9.40. The number of nitrogens with two attached hydrogens (primary N) is 1. The van der Waals surface area contributed by atoms with Gasteiger partial charge in [-0.3, -0.25) is 14.7 Å². The molecule has 4 heteroatoms. The molecule has 114 valence electrons. The third-order valence-corrected chi connectivity index (χ3v) is 3.51. The number of benzene rings is 2. The monoisotopic (exact) mass is 303 g/mol. The number of carbonyl (C=O) groups is 1. The van der Waals surface area contributed by atoms with Gasteiger partial charge in [0.25, 0.3) is 5.91 Å². The van der Waals surface area contributed by atoms with E-state index in [1.54, 1.807) is 35.4 Å². The molecule has 4 nitrogen and oxygen atoms in total. The van der Waals surface area contributed by atoms with Gasteiger partial charge in [0, 0.05) is 34.5 Å². The van der Waals surface area contributed by atoms with E-state index in [9.17, 15) is 4.79 Å². The van der Waals surface area contributed by atoms with Crippen LogP contribution >= 0.6 is 0 Å². The van der Waals surface area contributed by atoms with Gasteiger partial charge in [-0.1, -0.05) is 18.2 Å². The van der Waals surface area contributed by atoms with Crippen molar-refractivity contribution in [1.29, 1.82) is 0 Å². The highest BCUT2D eigenvalue weighted by molar-refractivity contribution is 6.10. The second kappa shape index (κ2) is 6.32. The minimum atomic E-state index is -0.105. The van der Waals surface area contributed by atoms with Crippen LogP contribution in [-0.4, -0.2) is 10.9 Å². The highest BCUT2D eigenvalue weighted by atomic mass is 16.2. The fourth-order valence-corrected chi connectivity index (χ4v) is 2.39. The van der Waals surface area contributed by atoms with Crippen LogP contribution in [0.5, 0.6) is 0 Å². The minimum absolute atomic E-state index is 0.105. The van der Waals surface area contributed by atoms with E-state index >= 15 is 0 Å². The molecule has 0 unspecified atom stereocenters. The Morgan fingerprint density at radius 2 is 1.61 bits per heavy atom. The maximum Gasteiger partial charge on any atom is 0.262 e. The highest BCUT2D eigenvalue weighted by Crippen LogP contribution is 2.28. The van der Waals surface area contributed by atoms with Gasteiger partial charge in [0.2, 0.25) is 0 Å². The largest absolute Gasteiger partial charge is 0.399 e. The molecular weight excluding hydrogens is 286 g/mol. The van der Waals surface area contributed by atoms with Crippen molar-refractivity contribution in [3.05, 3.63) is 84.2 Å². The number of amides is 1. The number of hydrogen-bond donors (Lipinski definition) is 1. The lowest BCUT2D eigenvalue weighted by molar-refractivity contribution is 0.0999. The molecule has 3 aromatic rings. The number of carbonyl (C=O) groups excluding carboxylic acids is 1. The van der Waals surface area contributed by atoms with Gasteiger partial charge in [0.05, 0.1) is 0 Å². The van der Waals surface area contributed by atoms with Gasteiger partial charge in [0.1, 0.15) is 0 Å². The maximum absolute atomic E-state index is 13.0. The van der Waals surface area contributed by atoms with Gasteiger partial charge >= 0.3 is 0 Å². The lowest BCUT2D eigenvalue weighted by Crippen LogP contribution is -2.26. The molecule has 0 aliphatic carbocycles. The second-order valence-electron chi connectivity index (χ2n) is 5.25. The van der Waals surface area contributed by atoms with E-state index in [2.05, 4.69) is 4.98 Å². The van der Waals surface area contributed by atoms with Crippen LogP contribution in [-0.2, 0) is 0 Å². The van der Waals surface area contributed by atoms with E-state index in [1.165, 1.54) is 0 Å². The first-order chi connectivity index (χ1) is 11.1. The van der Waals surface area contributed by atoms with Gasteiger partial charge in [0.15, 0.2) is 0 Å². The zero-order valence-electron chi connectivity index (χ0n) is 12.8. The van der Waals surface area contributed by atoms with Crippen LogP contribution in [0.1, 0.15) is 16.1 Å². The van der Waals surface area contributed by atoms with Gasteiger partial charge in [-0.25, -0.2) is 0 Å². The summed E-state index contributed by atoms with van der Waals surface area (Å²) in [4.78, 5) is 18.9. The topological polar surface area (TPSA) is 59.2 Å². The maximum atomic E-state index is 13.0. The number of pyridine rings is 1. The van der Waals surface area contributed by atoms with Gasteiger partial charge in [-0.05, 0) is 55.5 Å². The fourth-order valence-electron chi connectivity index (χ4n) is 2.39. The number of anilines is 3. The van der Waals surface area contributed by atoms with Crippen molar-refractivity contribution in [1.82, 2.24) is 4.98 Å². The van der Waals surface area contributed by atoms with Crippen molar-refractivity contribution >= 4 is 23.0 Å². The number of hydrogen-bond acceptors (Lipinski definition) is 3. The van der Waals surface area contributed by atoms with Crippen LogP contribution in [0, 0.1) is 6.92 Å². The summed E-state index contributed by atoms with van der Waals surface area (Å²) in [7, 11) is 0. The second-order valence-corrected chi connectivity index (χ2v) is 5.25. The van der Waals surface area contributed by atoms with E-state index in [0.29, 0.717) is 11.3 Å². The standard InChI is InChI=1S/C19H17N3O/c1-14-13-15(11-12-21-14)19(23)22(17-5-3-2-4-6-17)18-9-7-16(20)8-10-18/h2-13H,20H2,1H3. The Bertz CT molecular complexity index is 814. The lowest BCUT2D eigenvalue weighted by atomic mass is 10.1. The average molecular weight is 303 g/mol. The first kappa shape index (κ1) is 14.8. The molecule has 1 aromatic heterocycles. The molecule has 2 aromatic carbocycles. The first-order valence-electron chi connectivity index (χ1n) is 7.33. The van der Waals surface area contributed by atoms with Crippen molar-refractivity contribution < 1.29 is 4.79 Å². The lowest BCUT2D eigenvalue weighted by Gasteiger charge is -2.23. The quantitative estimate of drug-likeness (QED) is 0.745. The Hall–Kier alpha value is -3.14. The number of nitrogens with zero attached hydrogens (tertiary/aromatic N) is 2. The predicted octanol–water partition coefficient (Wildman–Crippen LogP) is 3.95. The predicted molar refractivity (Wildman–Crippen MR) is 92.7 cm³/mol. The summed E-state index contributed by atoms with van der Waals surface area (Å²) in [6.45, 7) is 1.87. The number of para-hydroxylation sites is 1. The van der Waals surface area contributed by atoms with Gasteiger partial charge in [-0.2, -0.15) is 0 Å². The normalized spacial score (nSPS) is 10.3. The number of aryl methyl sites for hydroxylation is 1. The molecule has 0 radical (unpaired) electrons. The molecule has 2 N–H and O–H groups in total. The van der Waals surface area contributed by atoms with Crippen molar-refractivity contribution in [3.8, 4) is 0 Å². The molecule has 1 amide bonds. The summed E-state index contributed by atoms with van der Waals surface area (Å²) >= 11 is 0. The third-order valence-electron chi connectivity index (χ3n) is 3.51. The van der Waals surface area contributed by atoms with Crippen LogP contribution in [0.25, 0.3) is 0 Å². The summed E-state index contributed by atoms with van der Waals surface area (Å²) in [6.07, 6.45) is 1.65. The van der Waals surface area contributed by atoms with Crippen LogP contribution in [0.4, 0.5) is 17.1 Å². The first-order valence-corrected chi connectivity index (χ1v) is 7.33. The third kappa shape index (κ3) is 3.21. The molecule has 0 saturated carbocycles. The summed E-state index contributed by atoms with van der Waals surface area (Å²) in [6, 6.07) is 20.3. The molecule has 1 heterocycles. The number of aromatic nitrogens is 1. The number of rotatable bonds is 3. The number of nitrogen functional groups attached to an aromatic ring is 1. The van der Waals surface area contributed by atoms with Crippen molar-refractivity contribution in [2.24, 2.45) is 0 Å². The Kier molecular flexibility index (Phi) is 4.06. The Morgan fingerprint density at radius 1 is 0.957 bits per heavy atom. The molecule has 3 rings (SSSR count). The Labute approximate surface area is 135 Å². The molecule has 0 aliphatic rings. The van der Waals surface area contributed by atoms with E-state index in [4.69, 9.17) is 5.73 Å². The molecule has 0 saturated heterocycles. The molecule has 0 bridgehead atoms. The average Bonchev–Trinajstić information content (AvgIpc) is 2.58.